The van der Waals surface area contributed by atoms with Gasteiger partial charge in [-0.2, -0.15) is 0 Å². The van der Waals surface area contributed by atoms with Crippen LogP contribution in [-0.2, 0) is 4.79 Å². The van der Waals surface area contributed by atoms with Crippen molar-refractivity contribution in [3.8, 4) is 5.75 Å². The minimum absolute atomic E-state index is 0.0145. The molecule has 1 fully saturated rings. The molecule has 5 nitrogen and oxygen atoms in total. The van der Waals surface area contributed by atoms with E-state index < -0.39 is 0 Å². The van der Waals surface area contributed by atoms with Crippen LogP contribution in [0.15, 0.2) is 36.4 Å². The number of nitrogens with zero attached hydrogens (tertiary/aromatic N) is 1. The SMILES string of the molecule is Cc1cc(C)c2c(c1)C(NC(=O)C1CCCN(C(=O)c3ccc(Cl)cc3)C1)CCO2. The highest BCUT2D eigenvalue weighted by Gasteiger charge is 2.32. The standard InChI is InChI=1S/C24H27ClN2O3/c1-15-12-16(2)22-20(13-15)21(9-11-30-22)26-23(28)18-4-3-10-27(14-18)24(29)17-5-7-19(25)8-6-17/h5-8,12-13,18,21H,3-4,9-11,14H2,1-2H3,(H,26,28). The number of hydrogen-bond acceptors (Lipinski definition) is 3. The van der Waals surface area contributed by atoms with Gasteiger partial charge in [-0.15, -0.1) is 0 Å². The van der Waals surface area contributed by atoms with Crippen molar-refractivity contribution >= 4 is 23.4 Å². The highest BCUT2D eigenvalue weighted by Crippen LogP contribution is 2.36. The van der Waals surface area contributed by atoms with E-state index in [1.807, 2.05) is 6.92 Å². The lowest BCUT2D eigenvalue weighted by molar-refractivity contribution is -0.127. The third kappa shape index (κ3) is 4.31. The van der Waals surface area contributed by atoms with Crippen LogP contribution >= 0.6 is 11.6 Å². The van der Waals surface area contributed by atoms with Crippen molar-refractivity contribution < 1.29 is 14.3 Å². The molecule has 0 aromatic heterocycles. The van der Waals surface area contributed by atoms with Crippen molar-refractivity contribution in [2.45, 2.75) is 39.2 Å². The number of nitrogens with one attached hydrogen (secondary N) is 1. The topological polar surface area (TPSA) is 58.6 Å². The molecule has 158 valence electrons. The van der Waals surface area contributed by atoms with Gasteiger partial charge in [-0.25, -0.2) is 0 Å². The molecule has 0 bridgehead atoms. The molecule has 2 amide bonds. The van der Waals surface area contributed by atoms with Crippen molar-refractivity contribution in [1.29, 1.82) is 0 Å². The first-order valence-electron chi connectivity index (χ1n) is 10.5. The normalized spacial score (nSPS) is 20.8. The van der Waals surface area contributed by atoms with Gasteiger partial charge < -0.3 is 15.0 Å². The predicted molar refractivity (Wildman–Crippen MR) is 117 cm³/mol. The van der Waals surface area contributed by atoms with Crippen molar-refractivity contribution in [2.24, 2.45) is 5.92 Å². The van der Waals surface area contributed by atoms with Gasteiger partial charge in [0.25, 0.3) is 5.91 Å². The summed E-state index contributed by atoms with van der Waals surface area (Å²) in [5.41, 5.74) is 3.91. The van der Waals surface area contributed by atoms with Crippen LogP contribution in [0.1, 0.15) is 52.4 Å². The average molecular weight is 427 g/mol. The molecule has 2 heterocycles. The summed E-state index contributed by atoms with van der Waals surface area (Å²) in [6.07, 6.45) is 2.36. The second-order valence-electron chi connectivity index (χ2n) is 8.30. The summed E-state index contributed by atoms with van der Waals surface area (Å²) in [6.45, 7) is 5.80. The van der Waals surface area contributed by atoms with Crippen molar-refractivity contribution in [3.63, 3.8) is 0 Å². The van der Waals surface area contributed by atoms with Gasteiger partial charge in [0.15, 0.2) is 0 Å². The van der Waals surface area contributed by atoms with E-state index in [0.29, 0.717) is 30.3 Å². The van der Waals surface area contributed by atoms with Gasteiger partial charge in [0.2, 0.25) is 5.91 Å². The van der Waals surface area contributed by atoms with E-state index in [1.54, 1.807) is 29.2 Å². The van der Waals surface area contributed by atoms with Crippen LogP contribution < -0.4 is 10.1 Å². The Morgan fingerprint density at radius 1 is 1.13 bits per heavy atom. The number of amides is 2. The maximum absolute atomic E-state index is 13.1. The maximum Gasteiger partial charge on any atom is 0.253 e. The summed E-state index contributed by atoms with van der Waals surface area (Å²) < 4.78 is 5.86. The lowest BCUT2D eigenvalue weighted by Gasteiger charge is -2.34. The van der Waals surface area contributed by atoms with Crippen LogP contribution in [0.5, 0.6) is 5.75 Å². The molecule has 6 heteroatoms. The first-order chi connectivity index (χ1) is 14.4. The molecule has 4 rings (SSSR count). The number of carbonyl (C=O) groups is 2. The molecular weight excluding hydrogens is 400 g/mol. The third-order valence-electron chi connectivity index (χ3n) is 5.96. The van der Waals surface area contributed by atoms with Crippen molar-refractivity contribution in [3.05, 3.63) is 63.7 Å². The Morgan fingerprint density at radius 2 is 1.90 bits per heavy atom. The minimum atomic E-state index is -0.202. The molecule has 1 N–H and O–H groups in total. The van der Waals surface area contributed by atoms with E-state index in [2.05, 4.69) is 24.4 Å². The highest BCUT2D eigenvalue weighted by atomic mass is 35.5. The molecule has 30 heavy (non-hydrogen) atoms. The van der Waals surface area contributed by atoms with Gasteiger partial charge in [0.1, 0.15) is 5.75 Å². The van der Waals surface area contributed by atoms with E-state index in [4.69, 9.17) is 16.3 Å². The van der Waals surface area contributed by atoms with Crippen molar-refractivity contribution in [2.75, 3.05) is 19.7 Å². The second-order valence-corrected chi connectivity index (χ2v) is 8.73. The van der Waals surface area contributed by atoms with Gasteiger partial charge in [-0.05, 0) is 56.5 Å². The second kappa shape index (κ2) is 8.68. The van der Waals surface area contributed by atoms with Gasteiger partial charge >= 0.3 is 0 Å². The lowest BCUT2D eigenvalue weighted by Crippen LogP contribution is -2.46. The fourth-order valence-corrected chi connectivity index (χ4v) is 4.59. The number of ether oxygens (including phenoxy) is 1. The summed E-state index contributed by atoms with van der Waals surface area (Å²) in [5, 5.41) is 3.83. The quantitative estimate of drug-likeness (QED) is 0.788. The average Bonchev–Trinajstić information content (AvgIpc) is 2.74. The summed E-state index contributed by atoms with van der Waals surface area (Å²) in [7, 11) is 0. The predicted octanol–water partition coefficient (Wildman–Crippen LogP) is 4.45. The Balaban J connectivity index is 1.44. The number of halogens is 1. The summed E-state index contributed by atoms with van der Waals surface area (Å²) in [6, 6.07) is 11.1. The van der Waals surface area contributed by atoms with Crippen LogP contribution in [0, 0.1) is 19.8 Å². The zero-order valence-electron chi connectivity index (χ0n) is 17.4. The van der Waals surface area contributed by atoms with E-state index in [1.165, 1.54) is 0 Å². The molecule has 0 aliphatic carbocycles. The lowest BCUT2D eigenvalue weighted by atomic mass is 9.93. The molecule has 2 aliphatic heterocycles. The van der Waals surface area contributed by atoms with Crippen LogP contribution in [-0.4, -0.2) is 36.4 Å². The number of likely N-dealkylation sites (tertiary alicyclic amines) is 1. The minimum Gasteiger partial charge on any atom is -0.493 e. The van der Waals surface area contributed by atoms with Gasteiger partial charge in [0, 0.05) is 35.7 Å². The number of piperidine rings is 1. The molecule has 2 atom stereocenters. The largest absolute Gasteiger partial charge is 0.493 e. The summed E-state index contributed by atoms with van der Waals surface area (Å²) in [5.74, 6) is 0.653. The third-order valence-corrected chi connectivity index (χ3v) is 6.22. The maximum atomic E-state index is 13.1. The Kier molecular flexibility index (Phi) is 6.00. The molecule has 0 saturated carbocycles. The van der Waals surface area contributed by atoms with Gasteiger partial charge in [-0.3, -0.25) is 9.59 Å². The summed E-state index contributed by atoms with van der Waals surface area (Å²) in [4.78, 5) is 27.7. The molecule has 1 saturated heterocycles. The van der Waals surface area contributed by atoms with Gasteiger partial charge in [0.05, 0.1) is 18.6 Å². The fourth-order valence-electron chi connectivity index (χ4n) is 4.47. The molecular formula is C24H27ClN2O3. The van der Waals surface area contributed by atoms with E-state index in [0.717, 1.165) is 41.7 Å². The fraction of sp³-hybridized carbons (Fsp3) is 0.417. The Hall–Kier alpha value is -2.53. The molecule has 0 spiro atoms. The van der Waals surface area contributed by atoms with E-state index >= 15 is 0 Å². The van der Waals surface area contributed by atoms with Crippen LogP contribution in [0.2, 0.25) is 5.02 Å². The smallest absolute Gasteiger partial charge is 0.253 e. The van der Waals surface area contributed by atoms with E-state index in [9.17, 15) is 9.59 Å². The van der Waals surface area contributed by atoms with Crippen LogP contribution in [0.25, 0.3) is 0 Å². The van der Waals surface area contributed by atoms with Crippen molar-refractivity contribution in [1.82, 2.24) is 10.2 Å². The van der Waals surface area contributed by atoms with Gasteiger partial charge in [-0.1, -0.05) is 29.3 Å². The molecule has 2 aliphatic rings. The first kappa shape index (κ1) is 20.7. The Labute approximate surface area is 182 Å². The zero-order valence-corrected chi connectivity index (χ0v) is 18.2. The van der Waals surface area contributed by atoms with Crippen LogP contribution in [0.3, 0.4) is 0 Å². The molecule has 2 aromatic rings. The van der Waals surface area contributed by atoms with Crippen LogP contribution in [0.4, 0.5) is 0 Å². The Morgan fingerprint density at radius 3 is 2.67 bits per heavy atom. The number of hydrogen-bond donors (Lipinski definition) is 1. The van der Waals surface area contributed by atoms with E-state index in [-0.39, 0.29) is 23.8 Å². The molecule has 0 radical (unpaired) electrons. The number of carbonyl (C=O) groups excluding carboxylic acids is 2. The number of benzene rings is 2. The zero-order chi connectivity index (χ0) is 21.3. The first-order valence-corrected chi connectivity index (χ1v) is 10.9. The Bertz CT molecular complexity index is 958. The number of rotatable bonds is 3. The number of aryl methyl sites for hydroxylation is 2. The number of fused-ring (bicyclic) bond motifs is 1. The monoisotopic (exact) mass is 426 g/mol. The molecule has 2 aromatic carbocycles. The summed E-state index contributed by atoms with van der Waals surface area (Å²) >= 11 is 5.93. The molecule has 2 unspecified atom stereocenters. The highest BCUT2D eigenvalue weighted by molar-refractivity contribution is 6.30.